The molecular formula is C21H46O4Si2. The van der Waals surface area contributed by atoms with E-state index in [2.05, 4.69) is 67.7 Å². The van der Waals surface area contributed by atoms with Crippen molar-refractivity contribution >= 4 is 22.6 Å². The summed E-state index contributed by atoms with van der Waals surface area (Å²) in [6.07, 6.45) is 0.334. The van der Waals surface area contributed by atoms with Crippen molar-refractivity contribution in [1.82, 2.24) is 0 Å². The van der Waals surface area contributed by atoms with E-state index in [1.54, 1.807) is 0 Å². The van der Waals surface area contributed by atoms with Crippen molar-refractivity contribution in [2.24, 2.45) is 5.92 Å². The summed E-state index contributed by atoms with van der Waals surface area (Å²) in [7, 11) is -3.75. The Morgan fingerprint density at radius 3 is 1.33 bits per heavy atom. The van der Waals surface area contributed by atoms with Gasteiger partial charge in [0.25, 0.3) is 0 Å². The highest BCUT2D eigenvalue weighted by Crippen LogP contribution is 2.38. The summed E-state index contributed by atoms with van der Waals surface area (Å²) in [5.41, 5.74) is -0.470. The Balaban J connectivity index is 5.14. The van der Waals surface area contributed by atoms with Gasteiger partial charge in [-0.1, -0.05) is 41.5 Å². The van der Waals surface area contributed by atoms with Crippen LogP contribution in [0.3, 0.4) is 0 Å². The molecule has 0 bridgehead atoms. The zero-order chi connectivity index (χ0) is 21.9. The summed E-state index contributed by atoms with van der Waals surface area (Å²) in [5, 5.41) is 0.285. The van der Waals surface area contributed by atoms with Crippen LogP contribution in [0, 0.1) is 5.92 Å². The van der Waals surface area contributed by atoms with Crippen molar-refractivity contribution in [3.8, 4) is 0 Å². The van der Waals surface area contributed by atoms with E-state index in [0.717, 1.165) is 0 Å². The Labute approximate surface area is 171 Å². The first kappa shape index (κ1) is 26.8. The van der Waals surface area contributed by atoms with Gasteiger partial charge in [-0.25, -0.2) is 0 Å². The molecule has 0 saturated heterocycles. The van der Waals surface area contributed by atoms with Gasteiger partial charge in [0.15, 0.2) is 16.6 Å². The zero-order valence-corrected chi connectivity index (χ0v) is 22.3. The minimum atomic E-state index is -1.87. The number of hydrogen-bond donors (Lipinski definition) is 0. The quantitative estimate of drug-likeness (QED) is 0.339. The summed E-state index contributed by atoms with van der Waals surface area (Å²) < 4.78 is 18.3. The molecule has 0 N–H and O–H groups in total. The Kier molecular flexibility index (Phi) is 9.04. The van der Waals surface area contributed by atoms with Crippen molar-refractivity contribution < 1.29 is 18.4 Å². The molecule has 0 aliphatic rings. The Hall–Kier alpha value is -0.176. The molecule has 0 rings (SSSR count). The maximum atomic E-state index is 12.4. The van der Waals surface area contributed by atoms with Gasteiger partial charge < -0.3 is 13.6 Å². The van der Waals surface area contributed by atoms with Gasteiger partial charge in [-0.3, -0.25) is 4.79 Å². The molecule has 0 aliphatic carbocycles. The largest absolute Gasteiger partial charge is 0.460 e. The Morgan fingerprint density at radius 1 is 0.741 bits per heavy atom. The lowest BCUT2D eigenvalue weighted by atomic mass is 10.1. The van der Waals surface area contributed by atoms with Gasteiger partial charge in [0, 0.05) is 19.1 Å². The maximum absolute atomic E-state index is 12.4. The maximum Gasteiger partial charge on any atom is 0.306 e. The standard InChI is InChI=1S/C21H46O4Si2/c1-19(2,3)25-18(22)14-17(15-23-26(10,11)20(4,5)6)16-24-27(12,13)21(7,8)9/h17H,14-16H2,1-13H3. The van der Waals surface area contributed by atoms with Gasteiger partial charge in [-0.05, 0) is 57.0 Å². The van der Waals surface area contributed by atoms with Crippen molar-refractivity contribution in [2.75, 3.05) is 13.2 Å². The molecule has 0 saturated carbocycles. The number of hydrogen-bond acceptors (Lipinski definition) is 4. The molecule has 0 atom stereocenters. The molecule has 0 amide bonds. The number of carbonyl (C=O) groups excluding carboxylic acids is 1. The lowest BCUT2D eigenvalue weighted by Crippen LogP contribution is -2.45. The highest BCUT2D eigenvalue weighted by Gasteiger charge is 2.40. The van der Waals surface area contributed by atoms with E-state index >= 15 is 0 Å². The summed E-state index contributed by atoms with van der Waals surface area (Å²) in [4.78, 5) is 12.4. The van der Waals surface area contributed by atoms with Gasteiger partial charge in [-0.2, -0.15) is 0 Å². The molecule has 0 fully saturated rings. The monoisotopic (exact) mass is 418 g/mol. The van der Waals surface area contributed by atoms with Gasteiger partial charge in [-0.15, -0.1) is 0 Å². The van der Waals surface area contributed by atoms with Crippen LogP contribution in [0.2, 0.25) is 36.3 Å². The van der Waals surface area contributed by atoms with E-state index in [4.69, 9.17) is 13.6 Å². The summed E-state index contributed by atoms with van der Waals surface area (Å²) in [6, 6.07) is 0. The van der Waals surface area contributed by atoms with Gasteiger partial charge >= 0.3 is 5.97 Å². The van der Waals surface area contributed by atoms with E-state index in [-0.39, 0.29) is 22.0 Å². The van der Waals surface area contributed by atoms with Crippen LogP contribution in [0.25, 0.3) is 0 Å². The Bertz CT molecular complexity index is 450. The van der Waals surface area contributed by atoms with E-state index in [9.17, 15) is 4.79 Å². The second kappa shape index (κ2) is 9.10. The summed E-state index contributed by atoms with van der Waals surface area (Å²) in [6.45, 7) is 29.1. The molecule has 4 nitrogen and oxygen atoms in total. The molecule has 0 radical (unpaired) electrons. The molecule has 0 aliphatic heterocycles. The van der Waals surface area contributed by atoms with Crippen molar-refractivity contribution in [3.63, 3.8) is 0 Å². The van der Waals surface area contributed by atoms with Crippen LogP contribution in [0.15, 0.2) is 0 Å². The fraction of sp³-hybridized carbons (Fsp3) is 0.952. The highest BCUT2D eigenvalue weighted by atomic mass is 28.4. The second-order valence-corrected chi connectivity index (χ2v) is 21.4. The van der Waals surface area contributed by atoms with E-state index in [1.807, 2.05) is 20.8 Å². The van der Waals surface area contributed by atoms with E-state index in [1.165, 1.54) is 0 Å². The average molecular weight is 419 g/mol. The molecule has 0 unspecified atom stereocenters. The zero-order valence-electron chi connectivity index (χ0n) is 20.3. The van der Waals surface area contributed by atoms with Crippen molar-refractivity contribution in [2.45, 2.75) is 111 Å². The van der Waals surface area contributed by atoms with Crippen molar-refractivity contribution in [3.05, 3.63) is 0 Å². The lowest BCUT2D eigenvalue weighted by molar-refractivity contribution is -0.156. The molecule has 0 aromatic heterocycles. The second-order valence-electron chi connectivity index (χ2n) is 11.8. The van der Waals surface area contributed by atoms with Crippen LogP contribution in [0.1, 0.15) is 68.7 Å². The highest BCUT2D eigenvalue weighted by molar-refractivity contribution is 6.74. The molecule has 0 heterocycles. The molecule has 27 heavy (non-hydrogen) atoms. The van der Waals surface area contributed by atoms with Gasteiger partial charge in [0.2, 0.25) is 0 Å². The Morgan fingerprint density at radius 2 is 1.07 bits per heavy atom. The van der Waals surface area contributed by atoms with Crippen LogP contribution < -0.4 is 0 Å². The first-order valence-electron chi connectivity index (χ1n) is 10.2. The predicted molar refractivity (Wildman–Crippen MR) is 120 cm³/mol. The SMILES string of the molecule is CC(C)(C)OC(=O)CC(CO[Si](C)(C)C(C)(C)C)CO[Si](C)(C)C(C)(C)C. The number of esters is 1. The van der Waals surface area contributed by atoms with Crippen LogP contribution in [0.4, 0.5) is 0 Å². The van der Waals surface area contributed by atoms with E-state index < -0.39 is 22.2 Å². The van der Waals surface area contributed by atoms with E-state index in [0.29, 0.717) is 19.6 Å². The molecule has 162 valence electrons. The first-order chi connectivity index (χ1) is 11.7. The van der Waals surface area contributed by atoms with Crippen LogP contribution in [-0.2, 0) is 18.4 Å². The first-order valence-corrected chi connectivity index (χ1v) is 16.0. The molecular weight excluding hydrogens is 372 g/mol. The van der Waals surface area contributed by atoms with Gasteiger partial charge in [0.05, 0.1) is 6.42 Å². The number of ether oxygens (including phenoxy) is 1. The third kappa shape index (κ3) is 9.72. The van der Waals surface area contributed by atoms with Crippen LogP contribution >= 0.6 is 0 Å². The number of carbonyl (C=O) groups is 1. The fourth-order valence-corrected chi connectivity index (χ4v) is 4.04. The molecule has 6 heteroatoms. The molecule has 0 spiro atoms. The van der Waals surface area contributed by atoms with Crippen molar-refractivity contribution in [1.29, 1.82) is 0 Å². The summed E-state index contributed by atoms with van der Waals surface area (Å²) >= 11 is 0. The summed E-state index contributed by atoms with van der Waals surface area (Å²) in [5.74, 6) is -0.159. The van der Waals surface area contributed by atoms with Crippen LogP contribution in [0.5, 0.6) is 0 Å². The normalized spacial score (nSPS) is 14.6. The average Bonchev–Trinajstić information content (AvgIpc) is 2.37. The smallest absolute Gasteiger partial charge is 0.306 e. The third-order valence-electron chi connectivity index (χ3n) is 5.85. The van der Waals surface area contributed by atoms with Crippen LogP contribution in [-0.4, -0.2) is 41.4 Å². The minimum Gasteiger partial charge on any atom is -0.460 e. The fourth-order valence-electron chi connectivity index (χ4n) is 1.87. The minimum absolute atomic E-state index is 0.0168. The lowest BCUT2D eigenvalue weighted by Gasteiger charge is -2.39. The molecule has 0 aromatic carbocycles. The molecule has 0 aromatic rings. The third-order valence-corrected chi connectivity index (χ3v) is 14.8. The topological polar surface area (TPSA) is 44.8 Å². The predicted octanol–water partition coefficient (Wildman–Crippen LogP) is 6.38. The number of rotatable bonds is 8. The van der Waals surface area contributed by atoms with Gasteiger partial charge in [0.1, 0.15) is 5.60 Å².